The molecule has 0 saturated heterocycles. The van der Waals surface area contributed by atoms with Gasteiger partial charge in [-0.3, -0.25) is 5.41 Å². The molecule has 70 valence electrons. The van der Waals surface area contributed by atoms with Crippen molar-refractivity contribution in [2.24, 2.45) is 5.73 Å². The van der Waals surface area contributed by atoms with Gasteiger partial charge in [-0.05, 0) is 12.1 Å². The number of nitrogen functional groups attached to an aromatic ring is 1. The lowest BCUT2D eigenvalue weighted by atomic mass is 10.2. The standard InChI is InChI=1S/C10H8ClN3/c11-7-3-1-2-6-4-5-8(10(12)13)14-9(6)7/h1-5H,(H3,12,13). The number of nitrogens with one attached hydrogen (secondary N) is 1. The van der Waals surface area contributed by atoms with Crippen LogP contribution >= 0.6 is 11.6 Å². The van der Waals surface area contributed by atoms with Gasteiger partial charge in [0.05, 0.1) is 10.5 Å². The molecule has 0 spiro atoms. The number of halogens is 1. The highest BCUT2D eigenvalue weighted by Gasteiger charge is 2.03. The Balaban J connectivity index is 2.76. The summed E-state index contributed by atoms with van der Waals surface area (Å²) in [5, 5.41) is 8.77. The van der Waals surface area contributed by atoms with Gasteiger partial charge in [0, 0.05) is 5.39 Å². The van der Waals surface area contributed by atoms with E-state index in [4.69, 9.17) is 22.7 Å². The molecule has 1 aromatic carbocycles. The van der Waals surface area contributed by atoms with Crippen LogP contribution in [0.25, 0.3) is 10.9 Å². The Labute approximate surface area is 86.0 Å². The molecule has 3 N–H and O–H groups in total. The minimum atomic E-state index is -0.0492. The van der Waals surface area contributed by atoms with Crippen molar-refractivity contribution in [2.75, 3.05) is 0 Å². The quantitative estimate of drug-likeness (QED) is 0.554. The number of rotatable bonds is 1. The first kappa shape index (κ1) is 8.97. The minimum Gasteiger partial charge on any atom is -0.382 e. The Bertz CT molecular complexity index is 508. The van der Waals surface area contributed by atoms with Crippen LogP contribution < -0.4 is 5.73 Å². The molecule has 3 nitrogen and oxygen atoms in total. The van der Waals surface area contributed by atoms with Crippen LogP contribution in [0.4, 0.5) is 0 Å². The van der Waals surface area contributed by atoms with Gasteiger partial charge in [-0.15, -0.1) is 0 Å². The number of pyridine rings is 1. The number of benzene rings is 1. The minimum absolute atomic E-state index is 0.0492. The van der Waals surface area contributed by atoms with Crippen LogP contribution in [0.5, 0.6) is 0 Å². The number of nitrogens with two attached hydrogens (primary N) is 1. The molecule has 2 aromatic rings. The van der Waals surface area contributed by atoms with E-state index in [0.29, 0.717) is 16.2 Å². The first-order valence-electron chi connectivity index (χ1n) is 4.08. The number of amidine groups is 1. The van der Waals surface area contributed by atoms with Crippen molar-refractivity contribution >= 4 is 28.3 Å². The second-order valence-corrected chi connectivity index (χ2v) is 3.33. The molecule has 0 atom stereocenters. The van der Waals surface area contributed by atoms with Gasteiger partial charge in [0.1, 0.15) is 11.5 Å². The van der Waals surface area contributed by atoms with Crippen LogP contribution in [0.2, 0.25) is 5.02 Å². The van der Waals surface area contributed by atoms with Crippen LogP contribution in [0.1, 0.15) is 5.69 Å². The molecular weight excluding hydrogens is 198 g/mol. The monoisotopic (exact) mass is 205 g/mol. The van der Waals surface area contributed by atoms with Gasteiger partial charge in [-0.25, -0.2) is 4.98 Å². The van der Waals surface area contributed by atoms with Crippen LogP contribution in [0, 0.1) is 5.41 Å². The fraction of sp³-hybridized carbons (Fsp3) is 0. The molecule has 0 aliphatic carbocycles. The molecule has 0 fully saturated rings. The van der Waals surface area contributed by atoms with Gasteiger partial charge in [0.15, 0.2) is 0 Å². The fourth-order valence-electron chi connectivity index (χ4n) is 1.26. The average molecular weight is 206 g/mol. The van der Waals surface area contributed by atoms with Crippen molar-refractivity contribution in [3.05, 3.63) is 41.0 Å². The fourth-order valence-corrected chi connectivity index (χ4v) is 1.49. The summed E-state index contributed by atoms with van der Waals surface area (Å²) in [4.78, 5) is 4.19. The smallest absolute Gasteiger partial charge is 0.141 e. The Kier molecular flexibility index (Phi) is 2.09. The summed E-state index contributed by atoms with van der Waals surface area (Å²) in [7, 11) is 0. The Morgan fingerprint density at radius 3 is 2.79 bits per heavy atom. The number of para-hydroxylation sites is 1. The molecule has 14 heavy (non-hydrogen) atoms. The molecule has 1 heterocycles. The summed E-state index contributed by atoms with van der Waals surface area (Å²) in [6, 6.07) is 9.10. The maximum Gasteiger partial charge on any atom is 0.141 e. The number of fused-ring (bicyclic) bond motifs is 1. The maximum atomic E-state index is 7.25. The highest BCUT2D eigenvalue weighted by molar-refractivity contribution is 6.35. The Hall–Kier alpha value is -1.61. The predicted octanol–water partition coefficient (Wildman–Crippen LogP) is 2.17. The van der Waals surface area contributed by atoms with Crippen LogP contribution in [-0.4, -0.2) is 10.8 Å². The summed E-state index contributed by atoms with van der Waals surface area (Å²) >= 11 is 5.96. The normalized spacial score (nSPS) is 10.4. The van der Waals surface area contributed by atoms with Crippen molar-refractivity contribution in [1.29, 1.82) is 5.41 Å². The summed E-state index contributed by atoms with van der Waals surface area (Å²) in [6.07, 6.45) is 0. The zero-order valence-corrected chi connectivity index (χ0v) is 8.05. The zero-order chi connectivity index (χ0) is 10.1. The molecule has 0 saturated carbocycles. The van der Waals surface area contributed by atoms with Crippen LogP contribution in [0.3, 0.4) is 0 Å². The lowest BCUT2D eigenvalue weighted by Gasteiger charge is -2.02. The van der Waals surface area contributed by atoms with Gasteiger partial charge in [-0.1, -0.05) is 29.8 Å². The Morgan fingerprint density at radius 1 is 1.29 bits per heavy atom. The highest BCUT2D eigenvalue weighted by Crippen LogP contribution is 2.21. The van der Waals surface area contributed by atoms with E-state index in [-0.39, 0.29) is 5.84 Å². The molecule has 0 unspecified atom stereocenters. The van der Waals surface area contributed by atoms with E-state index in [2.05, 4.69) is 4.98 Å². The lowest BCUT2D eigenvalue weighted by Crippen LogP contribution is -2.12. The average Bonchev–Trinajstić information content (AvgIpc) is 2.18. The molecular formula is C10H8ClN3. The van der Waals surface area contributed by atoms with E-state index in [1.807, 2.05) is 18.2 Å². The van der Waals surface area contributed by atoms with Crippen molar-refractivity contribution in [2.45, 2.75) is 0 Å². The van der Waals surface area contributed by atoms with Crippen molar-refractivity contribution < 1.29 is 0 Å². The molecule has 0 aliphatic heterocycles. The summed E-state index contributed by atoms with van der Waals surface area (Å²) in [5.41, 5.74) is 6.46. The van der Waals surface area contributed by atoms with Crippen LogP contribution in [0.15, 0.2) is 30.3 Å². The number of hydrogen-bond acceptors (Lipinski definition) is 2. The van der Waals surface area contributed by atoms with E-state index in [0.717, 1.165) is 5.39 Å². The number of hydrogen-bond donors (Lipinski definition) is 2. The molecule has 1 aromatic heterocycles. The predicted molar refractivity (Wildman–Crippen MR) is 57.8 cm³/mol. The second-order valence-electron chi connectivity index (χ2n) is 2.92. The van der Waals surface area contributed by atoms with Gasteiger partial charge in [-0.2, -0.15) is 0 Å². The summed E-state index contributed by atoms with van der Waals surface area (Å²) in [6.45, 7) is 0. The first-order valence-corrected chi connectivity index (χ1v) is 4.46. The van der Waals surface area contributed by atoms with Gasteiger partial charge < -0.3 is 5.73 Å². The lowest BCUT2D eigenvalue weighted by molar-refractivity contribution is 1.31. The third-order valence-corrected chi connectivity index (χ3v) is 2.25. The Morgan fingerprint density at radius 2 is 2.07 bits per heavy atom. The molecule has 0 aliphatic rings. The van der Waals surface area contributed by atoms with Crippen LogP contribution in [-0.2, 0) is 0 Å². The van der Waals surface area contributed by atoms with Gasteiger partial charge in [0.2, 0.25) is 0 Å². The zero-order valence-electron chi connectivity index (χ0n) is 7.29. The third-order valence-electron chi connectivity index (χ3n) is 1.95. The number of nitrogens with zero attached hydrogens (tertiary/aromatic N) is 1. The summed E-state index contributed by atoms with van der Waals surface area (Å²) < 4.78 is 0. The SMILES string of the molecule is N=C(N)c1ccc2cccc(Cl)c2n1. The van der Waals surface area contributed by atoms with Crippen molar-refractivity contribution in [3.8, 4) is 0 Å². The molecule has 0 amide bonds. The van der Waals surface area contributed by atoms with E-state index >= 15 is 0 Å². The van der Waals surface area contributed by atoms with E-state index in [1.54, 1.807) is 12.1 Å². The van der Waals surface area contributed by atoms with E-state index in [9.17, 15) is 0 Å². The van der Waals surface area contributed by atoms with Crippen molar-refractivity contribution in [1.82, 2.24) is 4.98 Å². The largest absolute Gasteiger partial charge is 0.382 e. The number of aromatic nitrogens is 1. The highest BCUT2D eigenvalue weighted by atomic mass is 35.5. The molecule has 4 heteroatoms. The van der Waals surface area contributed by atoms with Gasteiger partial charge in [0.25, 0.3) is 0 Å². The molecule has 2 rings (SSSR count). The molecule has 0 radical (unpaired) electrons. The second kappa shape index (κ2) is 3.27. The van der Waals surface area contributed by atoms with E-state index in [1.165, 1.54) is 0 Å². The first-order chi connectivity index (χ1) is 6.68. The maximum absolute atomic E-state index is 7.25. The van der Waals surface area contributed by atoms with E-state index < -0.39 is 0 Å². The topological polar surface area (TPSA) is 62.8 Å². The molecule has 0 bridgehead atoms. The third kappa shape index (κ3) is 1.42. The van der Waals surface area contributed by atoms with Crippen molar-refractivity contribution in [3.63, 3.8) is 0 Å². The summed E-state index contributed by atoms with van der Waals surface area (Å²) in [5.74, 6) is -0.0492. The van der Waals surface area contributed by atoms with Gasteiger partial charge >= 0.3 is 0 Å².